The zero-order valence-corrected chi connectivity index (χ0v) is 17.8. The Morgan fingerprint density at radius 3 is 1.12 bits per heavy atom. The van der Waals surface area contributed by atoms with Crippen LogP contribution >= 0.6 is 0 Å². The summed E-state index contributed by atoms with van der Waals surface area (Å²) in [5.41, 5.74) is 1.37. The summed E-state index contributed by atoms with van der Waals surface area (Å²) >= 11 is 0. The Kier molecular flexibility index (Phi) is 11.8. The van der Waals surface area contributed by atoms with Gasteiger partial charge in [-0.1, -0.05) is 60.7 Å². The van der Waals surface area contributed by atoms with E-state index in [-0.39, 0.29) is 61.7 Å². The maximum atomic E-state index is 10.7. The molecule has 2 rings (SSSR count). The van der Waals surface area contributed by atoms with E-state index in [9.17, 15) is 29.4 Å². The van der Waals surface area contributed by atoms with E-state index in [1.807, 2.05) is 0 Å². The summed E-state index contributed by atoms with van der Waals surface area (Å²) in [6, 6.07) is 17.4. The van der Waals surface area contributed by atoms with Gasteiger partial charge in [0.05, 0.1) is 0 Å². The molecule has 2 aromatic carbocycles. The predicted octanol–water partition coefficient (Wildman–Crippen LogP) is -1.28. The molecule has 0 heterocycles. The predicted molar refractivity (Wildman–Crippen MR) is 86.1 cm³/mol. The first-order chi connectivity index (χ1) is 11.4. The molecule has 0 aliphatic rings. The monoisotopic (exact) mass is 464 g/mol. The average molecular weight is 464 g/mol. The van der Waals surface area contributed by atoms with E-state index in [1.54, 1.807) is 60.7 Å². The molecule has 0 saturated heterocycles. The van der Waals surface area contributed by atoms with Crippen molar-refractivity contribution >= 4 is 72.4 Å². The minimum Gasteiger partial charge on any atom is -0.542 e. The topological polar surface area (TPSA) is 114 Å². The van der Waals surface area contributed by atoms with Crippen molar-refractivity contribution in [2.45, 2.75) is 12.8 Å². The summed E-state index contributed by atoms with van der Waals surface area (Å²) in [7, 11) is 0. The van der Waals surface area contributed by atoms with E-state index in [1.165, 1.54) is 0 Å². The quantitative estimate of drug-likeness (QED) is 0.389. The fraction of sp³-hybridized carbons (Fsp3) is 0.111. The van der Waals surface area contributed by atoms with Crippen LogP contribution in [0.25, 0.3) is 0 Å². The molecule has 2 aromatic rings. The van der Waals surface area contributed by atoms with Crippen molar-refractivity contribution in [3.8, 4) is 0 Å². The summed E-state index contributed by atoms with van der Waals surface area (Å²) in [4.78, 5) is 41.4. The van der Waals surface area contributed by atoms with Gasteiger partial charge in [0.25, 0.3) is 0 Å². The van der Waals surface area contributed by atoms with E-state index in [4.69, 9.17) is 0 Å². The van der Waals surface area contributed by atoms with Crippen molar-refractivity contribution in [3.05, 3.63) is 71.8 Å². The standard InChI is InChI=1S/2C9H8O3.Ba/c2*10-8(9(11)12)6-7-4-2-1-3-5-7;/h2*1-5H,6H2,(H,11,12);/q;;+2/p-2. The normalized spacial score (nSPS) is 8.96. The number of carbonyl (C=O) groups excluding carboxylic acids is 4. The zero-order valence-electron chi connectivity index (χ0n) is 13.3. The number of hydrogen-bond acceptors (Lipinski definition) is 6. The Morgan fingerprint density at radius 1 is 0.600 bits per heavy atom. The van der Waals surface area contributed by atoms with Crippen molar-refractivity contribution < 1.29 is 29.4 Å². The SMILES string of the molecule is O=C([O-])C(=O)Cc1ccccc1.O=C([O-])C(=O)Cc1ccccc1.[Ba+2]. The van der Waals surface area contributed by atoms with Crippen LogP contribution in [0.5, 0.6) is 0 Å². The van der Waals surface area contributed by atoms with Crippen LogP contribution in [0.15, 0.2) is 60.7 Å². The molecular formula is C18H14BaO6. The summed E-state index contributed by atoms with van der Waals surface area (Å²) in [5, 5.41) is 20.1. The van der Waals surface area contributed by atoms with Gasteiger partial charge >= 0.3 is 48.9 Å². The minimum atomic E-state index is -1.63. The summed E-state index contributed by atoms with van der Waals surface area (Å²) in [5.74, 6) is -5.03. The molecule has 0 amide bonds. The molecule has 124 valence electrons. The van der Waals surface area contributed by atoms with Crippen molar-refractivity contribution in [2.75, 3.05) is 0 Å². The number of benzene rings is 2. The molecule has 7 heteroatoms. The second kappa shape index (κ2) is 12.6. The maximum Gasteiger partial charge on any atom is 2.00 e. The molecule has 0 radical (unpaired) electrons. The van der Waals surface area contributed by atoms with Gasteiger partial charge in [-0.3, -0.25) is 9.59 Å². The van der Waals surface area contributed by atoms with Gasteiger partial charge in [-0.25, -0.2) is 0 Å². The van der Waals surface area contributed by atoms with Crippen LogP contribution in [0.3, 0.4) is 0 Å². The largest absolute Gasteiger partial charge is 2.00 e. The molecule has 0 unspecified atom stereocenters. The van der Waals surface area contributed by atoms with Crippen LogP contribution in [0, 0.1) is 0 Å². The molecule has 0 bridgehead atoms. The first kappa shape index (κ1) is 23.3. The zero-order chi connectivity index (χ0) is 17.9. The maximum absolute atomic E-state index is 10.7. The fourth-order valence-corrected chi connectivity index (χ4v) is 1.71. The second-order valence-electron chi connectivity index (χ2n) is 4.75. The third-order valence-corrected chi connectivity index (χ3v) is 2.87. The van der Waals surface area contributed by atoms with Gasteiger partial charge in [0.15, 0.2) is 11.6 Å². The molecule has 0 aliphatic heterocycles. The van der Waals surface area contributed by atoms with Crippen molar-refractivity contribution in [1.29, 1.82) is 0 Å². The van der Waals surface area contributed by atoms with Gasteiger partial charge in [-0.05, 0) is 11.1 Å². The first-order valence-corrected chi connectivity index (χ1v) is 6.96. The third-order valence-electron chi connectivity index (χ3n) is 2.87. The molecule has 0 spiro atoms. The Balaban J connectivity index is 0.000000443. The van der Waals surface area contributed by atoms with Gasteiger partial charge in [-0.15, -0.1) is 0 Å². The first-order valence-electron chi connectivity index (χ1n) is 6.96. The Labute approximate surface area is 184 Å². The Hall–Kier alpha value is -1.71. The fourth-order valence-electron chi connectivity index (χ4n) is 1.71. The van der Waals surface area contributed by atoms with Crippen molar-refractivity contribution in [2.24, 2.45) is 0 Å². The summed E-state index contributed by atoms with van der Waals surface area (Å²) in [6.45, 7) is 0. The number of carboxylic acids is 2. The van der Waals surface area contributed by atoms with Crippen LogP contribution in [0.1, 0.15) is 11.1 Å². The molecule has 0 saturated carbocycles. The molecule has 6 nitrogen and oxygen atoms in total. The number of carbonyl (C=O) groups is 4. The van der Waals surface area contributed by atoms with Gasteiger partial charge in [-0.2, -0.15) is 0 Å². The summed E-state index contributed by atoms with van der Waals surface area (Å²) < 4.78 is 0. The molecule has 0 N–H and O–H groups in total. The van der Waals surface area contributed by atoms with E-state index in [0.717, 1.165) is 0 Å². The van der Waals surface area contributed by atoms with Crippen molar-refractivity contribution in [1.82, 2.24) is 0 Å². The van der Waals surface area contributed by atoms with E-state index < -0.39 is 23.5 Å². The second-order valence-corrected chi connectivity index (χ2v) is 4.75. The van der Waals surface area contributed by atoms with Crippen LogP contribution in [0.2, 0.25) is 0 Å². The van der Waals surface area contributed by atoms with E-state index >= 15 is 0 Å². The van der Waals surface area contributed by atoms with Gasteiger partial charge in [0.1, 0.15) is 11.9 Å². The van der Waals surface area contributed by atoms with Gasteiger partial charge in [0, 0.05) is 12.8 Å². The number of ketones is 2. The van der Waals surface area contributed by atoms with Gasteiger partial charge in [0.2, 0.25) is 0 Å². The number of hydrogen-bond donors (Lipinski definition) is 0. The molecular weight excluding hydrogens is 450 g/mol. The number of rotatable bonds is 6. The molecule has 0 aromatic heterocycles. The smallest absolute Gasteiger partial charge is 0.542 e. The van der Waals surface area contributed by atoms with Crippen LogP contribution in [-0.4, -0.2) is 72.4 Å². The Morgan fingerprint density at radius 2 is 0.880 bits per heavy atom. The number of aliphatic carboxylic acids is 2. The third kappa shape index (κ3) is 10.0. The molecule has 25 heavy (non-hydrogen) atoms. The van der Waals surface area contributed by atoms with E-state index in [2.05, 4.69) is 0 Å². The van der Waals surface area contributed by atoms with Crippen LogP contribution < -0.4 is 10.2 Å². The minimum absolute atomic E-state index is 0. The molecule has 0 aliphatic carbocycles. The summed E-state index contributed by atoms with van der Waals surface area (Å²) in [6.07, 6.45) is -0.188. The molecule has 0 atom stereocenters. The number of Topliss-reactive ketones (excluding diaryl/α,β-unsaturated/α-hetero) is 2. The van der Waals surface area contributed by atoms with Crippen molar-refractivity contribution in [3.63, 3.8) is 0 Å². The van der Waals surface area contributed by atoms with Crippen LogP contribution in [-0.2, 0) is 32.0 Å². The van der Waals surface area contributed by atoms with E-state index in [0.29, 0.717) is 11.1 Å². The average Bonchev–Trinajstić information content (AvgIpc) is 2.57. The number of carboxylic acid groups (broad SMARTS) is 2. The molecule has 0 fully saturated rings. The van der Waals surface area contributed by atoms with Gasteiger partial charge < -0.3 is 19.8 Å². The van der Waals surface area contributed by atoms with Crippen LogP contribution in [0.4, 0.5) is 0 Å². The Bertz CT molecular complexity index is 649.